The van der Waals surface area contributed by atoms with Gasteiger partial charge in [0.05, 0.1) is 0 Å². The Hall–Kier alpha value is -3.47. The van der Waals surface area contributed by atoms with Crippen molar-refractivity contribution in [3.05, 3.63) is 95.3 Å². The number of ketones is 1. The number of anilines is 1. The van der Waals surface area contributed by atoms with Crippen LogP contribution in [0.3, 0.4) is 0 Å². The Balaban J connectivity index is 1.71. The first kappa shape index (κ1) is 23.2. The Kier molecular flexibility index (Phi) is 7.08. The third kappa shape index (κ3) is 5.82. The van der Waals surface area contributed by atoms with Crippen molar-refractivity contribution < 1.29 is 18.7 Å². The molecule has 3 rings (SSSR count). The highest BCUT2D eigenvalue weighted by Gasteiger charge is 2.20. The van der Waals surface area contributed by atoms with E-state index in [4.69, 9.17) is 4.74 Å². The number of amides is 1. The fraction of sp³-hybridized carbons (Fsp3) is 0.259. The standard InChI is InChI=1S/C27H28FNO3/c1-5-24(32-23-15-13-21(28)14-16-23)26(31)29-22-8-6-7-19(17-22)25(30)18-9-11-20(12-10-18)27(2,3)4/h6-17,24H,5H2,1-4H3,(H,29,31)/t24-/m1/s1. The van der Waals surface area contributed by atoms with Crippen molar-refractivity contribution >= 4 is 17.4 Å². The molecule has 0 aromatic heterocycles. The van der Waals surface area contributed by atoms with Crippen molar-refractivity contribution in [2.45, 2.75) is 45.6 Å². The summed E-state index contributed by atoms with van der Waals surface area (Å²) in [5, 5.41) is 2.81. The summed E-state index contributed by atoms with van der Waals surface area (Å²) in [7, 11) is 0. The van der Waals surface area contributed by atoms with E-state index < -0.39 is 6.10 Å². The van der Waals surface area contributed by atoms with Gasteiger partial charge in [0, 0.05) is 16.8 Å². The van der Waals surface area contributed by atoms with Gasteiger partial charge in [0.1, 0.15) is 11.6 Å². The number of carbonyl (C=O) groups is 2. The van der Waals surface area contributed by atoms with E-state index in [-0.39, 0.29) is 22.9 Å². The molecule has 3 aromatic rings. The van der Waals surface area contributed by atoms with Crippen LogP contribution in [-0.4, -0.2) is 17.8 Å². The smallest absolute Gasteiger partial charge is 0.265 e. The van der Waals surface area contributed by atoms with Crippen LogP contribution in [0.4, 0.5) is 10.1 Å². The zero-order valence-electron chi connectivity index (χ0n) is 18.8. The van der Waals surface area contributed by atoms with Gasteiger partial charge >= 0.3 is 0 Å². The third-order valence-corrected chi connectivity index (χ3v) is 5.16. The first-order chi connectivity index (χ1) is 15.2. The molecule has 1 N–H and O–H groups in total. The maximum atomic E-state index is 13.1. The molecular weight excluding hydrogens is 405 g/mol. The quantitative estimate of drug-likeness (QED) is 0.455. The van der Waals surface area contributed by atoms with E-state index in [1.54, 1.807) is 24.3 Å². The van der Waals surface area contributed by atoms with E-state index in [0.717, 1.165) is 5.56 Å². The van der Waals surface area contributed by atoms with Crippen LogP contribution >= 0.6 is 0 Å². The van der Waals surface area contributed by atoms with Crippen LogP contribution < -0.4 is 10.1 Å². The minimum atomic E-state index is -0.746. The Bertz CT molecular complexity index is 1080. The Labute approximate surface area is 188 Å². The Morgan fingerprint density at radius 1 is 0.938 bits per heavy atom. The van der Waals surface area contributed by atoms with Crippen LogP contribution in [0.1, 0.15) is 55.6 Å². The minimum absolute atomic E-state index is 0.0115. The molecule has 0 heterocycles. The van der Waals surface area contributed by atoms with E-state index in [1.165, 1.54) is 24.3 Å². The van der Waals surface area contributed by atoms with Crippen molar-refractivity contribution in [1.29, 1.82) is 0 Å². The Morgan fingerprint density at radius 3 is 2.19 bits per heavy atom. The number of rotatable bonds is 7. The first-order valence-electron chi connectivity index (χ1n) is 10.7. The lowest BCUT2D eigenvalue weighted by atomic mass is 9.86. The van der Waals surface area contributed by atoms with Crippen LogP contribution in [0.5, 0.6) is 5.75 Å². The summed E-state index contributed by atoms with van der Waals surface area (Å²) >= 11 is 0. The molecule has 0 unspecified atom stereocenters. The van der Waals surface area contributed by atoms with Gasteiger partial charge in [0.15, 0.2) is 11.9 Å². The third-order valence-electron chi connectivity index (χ3n) is 5.16. The molecule has 1 atom stereocenters. The van der Waals surface area contributed by atoms with Crippen LogP contribution in [0.15, 0.2) is 72.8 Å². The van der Waals surface area contributed by atoms with Gasteiger partial charge in [-0.15, -0.1) is 0 Å². The molecular formula is C27H28FNO3. The molecule has 0 aliphatic carbocycles. The predicted octanol–water partition coefficient (Wildman–Crippen LogP) is 6.15. The molecule has 0 saturated heterocycles. The molecule has 1 amide bonds. The number of halogens is 1. The van der Waals surface area contributed by atoms with Gasteiger partial charge in [-0.2, -0.15) is 0 Å². The fourth-order valence-corrected chi connectivity index (χ4v) is 3.25. The van der Waals surface area contributed by atoms with E-state index >= 15 is 0 Å². The normalized spacial score (nSPS) is 12.2. The van der Waals surface area contributed by atoms with Crippen LogP contribution in [0, 0.1) is 5.82 Å². The number of nitrogens with one attached hydrogen (secondary N) is 1. The van der Waals surface area contributed by atoms with Crippen LogP contribution in [-0.2, 0) is 10.2 Å². The highest BCUT2D eigenvalue weighted by atomic mass is 19.1. The first-order valence-corrected chi connectivity index (χ1v) is 10.7. The van der Waals surface area contributed by atoms with E-state index in [0.29, 0.717) is 29.0 Å². The van der Waals surface area contributed by atoms with Crippen molar-refractivity contribution in [2.24, 2.45) is 0 Å². The Morgan fingerprint density at radius 2 is 1.59 bits per heavy atom. The molecule has 0 bridgehead atoms. The lowest BCUT2D eigenvalue weighted by Gasteiger charge is -2.19. The molecule has 32 heavy (non-hydrogen) atoms. The zero-order chi connectivity index (χ0) is 23.3. The molecule has 0 saturated carbocycles. The van der Waals surface area contributed by atoms with Gasteiger partial charge in [0.25, 0.3) is 5.91 Å². The van der Waals surface area contributed by atoms with E-state index in [2.05, 4.69) is 26.1 Å². The largest absolute Gasteiger partial charge is 0.481 e. The lowest BCUT2D eigenvalue weighted by molar-refractivity contribution is -0.122. The molecule has 0 aliphatic heterocycles. The average molecular weight is 434 g/mol. The second-order valence-electron chi connectivity index (χ2n) is 8.70. The zero-order valence-corrected chi connectivity index (χ0v) is 18.8. The van der Waals surface area contributed by atoms with Crippen LogP contribution in [0.25, 0.3) is 0 Å². The van der Waals surface area contributed by atoms with E-state index in [1.807, 2.05) is 31.2 Å². The summed E-state index contributed by atoms with van der Waals surface area (Å²) < 4.78 is 18.8. The molecule has 0 fully saturated rings. The second kappa shape index (κ2) is 9.77. The van der Waals surface area contributed by atoms with Gasteiger partial charge < -0.3 is 10.1 Å². The monoisotopic (exact) mass is 433 g/mol. The topological polar surface area (TPSA) is 55.4 Å². The molecule has 0 spiro atoms. The molecule has 0 radical (unpaired) electrons. The summed E-state index contributed by atoms with van der Waals surface area (Å²) in [6, 6.07) is 20.0. The van der Waals surface area contributed by atoms with Gasteiger partial charge in [0.2, 0.25) is 0 Å². The maximum Gasteiger partial charge on any atom is 0.265 e. The summed E-state index contributed by atoms with van der Waals surface area (Å²) in [6.07, 6.45) is -0.313. The van der Waals surface area contributed by atoms with Crippen molar-refractivity contribution in [3.8, 4) is 5.75 Å². The summed E-state index contributed by atoms with van der Waals surface area (Å²) in [5.41, 5.74) is 2.75. The molecule has 3 aromatic carbocycles. The van der Waals surface area contributed by atoms with Crippen molar-refractivity contribution in [3.63, 3.8) is 0 Å². The average Bonchev–Trinajstić information content (AvgIpc) is 2.77. The number of ether oxygens (including phenoxy) is 1. The summed E-state index contributed by atoms with van der Waals surface area (Å²) in [6.45, 7) is 8.20. The SMILES string of the molecule is CC[C@@H](Oc1ccc(F)cc1)C(=O)Nc1cccc(C(=O)c2ccc(C(C)(C)C)cc2)c1. The van der Waals surface area contributed by atoms with Crippen molar-refractivity contribution in [1.82, 2.24) is 0 Å². The molecule has 166 valence electrons. The minimum Gasteiger partial charge on any atom is -0.481 e. The summed E-state index contributed by atoms with van der Waals surface area (Å²) in [4.78, 5) is 25.6. The molecule has 0 aliphatic rings. The maximum absolute atomic E-state index is 13.1. The van der Waals surface area contributed by atoms with Gasteiger partial charge in [-0.25, -0.2) is 4.39 Å². The highest BCUT2D eigenvalue weighted by molar-refractivity contribution is 6.09. The summed E-state index contributed by atoms with van der Waals surface area (Å²) in [5.74, 6) is -0.410. The van der Waals surface area contributed by atoms with Gasteiger partial charge in [-0.3, -0.25) is 9.59 Å². The fourth-order valence-electron chi connectivity index (χ4n) is 3.25. The van der Waals surface area contributed by atoms with Gasteiger partial charge in [-0.05, 0) is 53.8 Å². The number of carbonyl (C=O) groups excluding carboxylic acids is 2. The van der Waals surface area contributed by atoms with Gasteiger partial charge in [-0.1, -0.05) is 64.1 Å². The van der Waals surface area contributed by atoms with E-state index in [9.17, 15) is 14.0 Å². The highest BCUT2D eigenvalue weighted by Crippen LogP contribution is 2.23. The number of hydrogen-bond acceptors (Lipinski definition) is 3. The lowest BCUT2D eigenvalue weighted by Crippen LogP contribution is -2.32. The molecule has 4 nitrogen and oxygen atoms in total. The second-order valence-corrected chi connectivity index (χ2v) is 8.70. The van der Waals surface area contributed by atoms with Crippen LogP contribution in [0.2, 0.25) is 0 Å². The predicted molar refractivity (Wildman–Crippen MR) is 125 cm³/mol. The number of hydrogen-bond donors (Lipinski definition) is 1. The molecule has 5 heteroatoms. The van der Waals surface area contributed by atoms with Crippen molar-refractivity contribution in [2.75, 3.05) is 5.32 Å². The number of benzene rings is 3.